The Labute approximate surface area is 102 Å². The molecule has 96 valence electrons. The highest BCUT2D eigenvalue weighted by Gasteiger charge is 2.27. The van der Waals surface area contributed by atoms with Crippen LogP contribution in [0.2, 0.25) is 0 Å². The largest absolute Gasteiger partial charge is 0.444 e. The molecule has 1 amide bonds. The molecular formula is C12H20N2O3. The van der Waals surface area contributed by atoms with Crippen LogP contribution in [0, 0.1) is 11.3 Å². The minimum absolute atomic E-state index is 0.0454. The summed E-state index contributed by atoms with van der Waals surface area (Å²) < 4.78 is 10.8. The first kappa shape index (κ1) is 13.8. The molecule has 1 heterocycles. The Bertz CT molecular complexity index is 304. The zero-order chi connectivity index (χ0) is 12.9. The molecule has 1 rings (SSSR count). The molecule has 5 nitrogen and oxygen atoms in total. The summed E-state index contributed by atoms with van der Waals surface area (Å²) >= 11 is 0. The minimum Gasteiger partial charge on any atom is -0.444 e. The van der Waals surface area contributed by atoms with Crippen LogP contribution in [0.15, 0.2) is 0 Å². The average Bonchev–Trinajstić information content (AvgIpc) is 2.24. The van der Waals surface area contributed by atoms with Gasteiger partial charge in [-0.05, 0) is 27.2 Å². The Morgan fingerprint density at radius 2 is 2.29 bits per heavy atom. The first-order valence-electron chi connectivity index (χ1n) is 5.89. The molecule has 0 unspecified atom stereocenters. The van der Waals surface area contributed by atoms with E-state index in [1.807, 2.05) is 20.8 Å². The van der Waals surface area contributed by atoms with Crippen molar-refractivity contribution in [1.82, 2.24) is 4.90 Å². The van der Waals surface area contributed by atoms with Gasteiger partial charge in [0, 0.05) is 13.0 Å². The molecule has 1 aliphatic heterocycles. The lowest BCUT2D eigenvalue weighted by Gasteiger charge is -2.34. The summed E-state index contributed by atoms with van der Waals surface area (Å²) in [5, 5.41) is 8.51. The van der Waals surface area contributed by atoms with Gasteiger partial charge >= 0.3 is 6.09 Å². The fourth-order valence-electron chi connectivity index (χ4n) is 1.61. The molecular weight excluding hydrogens is 220 g/mol. The van der Waals surface area contributed by atoms with Gasteiger partial charge in [0.25, 0.3) is 0 Å². The Hall–Kier alpha value is -1.28. The topological polar surface area (TPSA) is 62.6 Å². The molecule has 0 bridgehead atoms. The molecule has 0 aromatic carbocycles. The first-order valence-corrected chi connectivity index (χ1v) is 5.89. The predicted molar refractivity (Wildman–Crippen MR) is 62.4 cm³/mol. The summed E-state index contributed by atoms with van der Waals surface area (Å²) in [6.45, 7) is 7.11. The van der Waals surface area contributed by atoms with E-state index in [1.165, 1.54) is 0 Å². The summed E-state index contributed by atoms with van der Waals surface area (Å²) in [5.41, 5.74) is -0.475. The van der Waals surface area contributed by atoms with Gasteiger partial charge in [-0.1, -0.05) is 0 Å². The molecule has 0 spiro atoms. The number of hydrogen-bond donors (Lipinski definition) is 0. The molecule has 0 aliphatic carbocycles. The number of morpholine rings is 1. The number of carbonyl (C=O) groups is 1. The highest BCUT2D eigenvalue weighted by molar-refractivity contribution is 5.68. The van der Waals surface area contributed by atoms with E-state index >= 15 is 0 Å². The molecule has 1 atom stereocenters. The molecule has 1 fully saturated rings. The van der Waals surface area contributed by atoms with Crippen molar-refractivity contribution in [2.45, 2.75) is 45.3 Å². The lowest BCUT2D eigenvalue weighted by Crippen LogP contribution is -2.47. The van der Waals surface area contributed by atoms with Gasteiger partial charge in [0.15, 0.2) is 0 Å². The number of amides is 1. The molecule has 0 saturated carbocycles. The minimum atomic E-state index is -0.475. The quantitative estimate of drug-likeness (QED) is 0.739. The fraction of sp³-hybridized carbons (Fsp3) is 0.833. The number of carbonyl (C=O) groups excluding carboxylic acids is 1. The molecule has 0 radical (unpaired) electrons. The van der Waals surface area contributed by atoms with Crippen LogP contribution in [0.4, 0.5) is 4.79 Å². The Kier molecular flexibility index (Phi) is 4.76. The second-order valence-corrected chi connectivity index (χ2v) is 5.12. The summed E-state index contributed by atoms with van der Waals surface area (Å²) in [6.07, 6.45) is 0.765. The van der Waals surface area contributed by atoms with Crippen molar-refractivity contribution in [1.29, 1.82) is 5.26 Å². The van der Waals surface area contributed by atoms with Gasteiger partial charge in [0.1, 0.15) is 5.60 Å². The van der Waals surface area contributed by atoms with Gasteiger partial charge in [0.2, 0.25) is 0 Å². The van der Waals surface area contributed by atoms with Crippen molar-refractivity contribution in [2.75, 3.05) is 19.7 Å². The molecule has 5 heteroatoms. The summed E-state index contributed by atoms with van der Waals surface area (Å²) in [4.78, 5) is 13.5. The van der Waals surface area contributed by atoms with Crippen LogP contribution in [0.3, 0.4) is 0 Å². The Morgan fingerprint density at radius 1 is 1.59 bits per heavy atom. The maximum Gasteiger partial charge on any atom is 0.410 e. The highest BCUT2D eigenvalue weighted by atomic mass is 16.6. The van der Waals surface area contributed by atoms with Gasteiger partial charge in [-0.3, -0.25) is 0 Å². The second kappa shape index (κ2) is 5.87. The predicted octanol–water partition coefficient (Wildman–Crippen LogP) is 1.93. The van der Waals surface area contributed by atoms with Gasteiger partial charge in [-0.25, -0.2) is 4.79 Å². The van der Waals surface area contributed by atoms with E-state index in [-0.39, 0.29) is 12.2 Å². The number of hydrogen-bond acceptors (Lipinski definition) is 4. The Balaban J connectivity index is 2.43. The van der Waals surface area contributed by atoms with Crippen molar-refractivity contribution < 1.29 is 14.3 Å². The van der Waals surface area contributed by atoms with Crippen molar-refractivity contribution in [3.05, 3.63) is 0 Å². The van der Waals surface area contributed by atoms with Gasteiger partial charge in [0.05, 0.1) is 25.3 Å². The third-order valence-corrected chi connectivity index (χ3v) is 2.37. The van der Waals surface area contributed by atoms with Crippen LogP contribution < -0.4 is 0 Å². The van der Waals surface area contributed by atoms with Crippen molar-refractivity contribution in [3.8, 4) is 6.07 Å². The maximum absolute atomic E-state index is 11.8. The van der Waals surface area contributed by atoms with Crippen LogP contribution in [-0.2, 0) is 9.47 Å². The summed E-state index contributed by atoms with van der Waals surface area (Å²) in [5.74, 6) is 0. The maximum atomic E-state index is 11.8. The molecule has 0 N–H and O–H groups in total. The van der Waals surface area contributed by atoms with E-state index in [0.29, 0.717) is 32.5 Å². The van der Waals surface area contributed by atoms with Crippen molar-refractivity contribution in [3.63, 3.8) is 0 Å². The molecule has 1 aliphatic rings. The summed E-state index contributed by atoms with van der Waals surface area (Å²) in [7, 11) is 0. The zero-order valence-electron chi connectivity index (χ0n) is 10.7. The molecule has 0 aromatic heterocycles. The van der Waals surface area contributed by atoms with Gasteiger partial charge in [-0.15, -0.1) is 0 Å². The Morgan fingerprint density at radius 3 is 2.88 bits per heavy atom. The lowest BCUT2D eigenvalue weighted by molar-refractivity contribution is -0.0439. The lowest BCUT2D eigenvalue weighted by atomic mass is 10.1. The smallest absolute Gasteiger partial charge is 0.410 e. The molecule has 1 saturated heterocycles. The van der Waals surface area contributed by atoms with Crippen LogP contribution in [0.25, 0.3) is 0 Å². The molecule has 0 aromatic rings. The number of nitrogens with zero attached hydrogens (tertiary/aromatic N) is 2. The van der Waals surface area contributed by atoms with Crippen LogP contribution in [-0.4, -0.2) is 42.4 Å². The van der Waals surface area contributed by atoms with E-state index in [9.17, 15) is 4.79 Å². The number of nitriles is 1. The second-order valence-electron chi connectivity index (χ2n) is 5.12. The normalized spacial score (nSPS) is 20.8. The fourth-order valence-corrected chi connectivity index (χ4v) is 1.61. The van der Waals surface area contributed by atoms with Crippen molar-refractivity contribution >= 4 is 6.09 Å². The van der Waals surface area contributed by atoms with E-state index in [0.717, 1.165) is 0 Å². The number of ether oxygens (including phenoxy) is 2. The van der Waals surface area contributed by atoms with Crippen LogP contribution in [0.5, 0.6) is 0 Å². The van der Waals surface area contributed by atoms with E-state index in [1.54, 1.807) is 4.90 Å². The molecule has 17 heavy (non-hydrogen) atoms. The SMILES string of the molecule is CC(C)(C)OC(=O)N1CCO[C@H](CCC#N)C1. The average molecular weight is 240 g/mol. The third kappa shape index (κ3) is 5.05. The zero-order valence-corrected chi connectivity index (χ0v) is 10.7. The first-order chi connectivity index (χ1) is 7.92. The van der Waals surface area contributed by atoms with E-state index in [2.05, 4.69) is 6.07 Å². The van der Waals surface area contributed by atoms with E-state index < -0.39 is 5.60 Å². The highest BCUT2D eigenvalue weighted by Crippen LogP contribution is 2.15. The number of rotatable bonds is 2. The van der Waals surface area contributed by atoms with Crippen molar-refractivity contribution in [2.24, 2.45) is 0 Å². The third-order valence-electron chi connectivity index (χ3n) is 2.37. The summed E-state index contributed by atoms with van der Waals surface area (Å²) in [6, 6.07) is 2.08. The van der Waals surface area contributed by atoms with Crippen LogP contribution >= 0.6 is 0 Å². The monoisotopic (exact) mass is 240 g/mol. The van der Waals surface area contributed by atoms with Gasteiger partial charge in [-0.2, -0.15) is 5.26 Å². The van der Waals surface area contributed by atoms with Crippen LogP contribution in [0.1, 0.15) is 33.6 Å². The van der Waals surface area contributed by atoms with Gasteiger partial charge < -0.3 is 14.4 Å². The standard InChI is InChI=1S/C12H20N2O3/c1-12(2,3)17-11(15)14-7-8-16-10(9-14)5-4-6-13/h10H,4-5,7-9H2,1-3H3/t10-/m1/s1. The van der Waals surface area contributed by atoms with E-state index in [4.69, 9.17) is 14.7 Å².